The van der Waals surface area contributed by atoms with Crippen molar-refractivity contribution in [1.82, 2.24) is 24.3 Å². The van der Waals surface area contributed by atoms with E-state index in [-0.39, 0.29) is 6.54 Å². The van der Waals surface area contributed by atoms with E-state index in [1.54, 1.807) is 38.6 Å². The molecule has 11 heteroatoms. The third-order valence-corrected chi connectivity index (χ3v) is 4.97. The molecule has 0 amide bonds. The minimum absolute atomic E-state index is 0.101. The standard InChI is InChI=1S/C18H18N6O4S/c1-27-15-7-13-14(8-16(15)28-2)24-17(10-20-13)22-23-18(24)12-5-3-11(4-6-12)9-21-29(19,25)26/h3-8,10,21H,9H2,1-2H3,(H2,19,25,26). The van der Waals surface area contributed by atoms with E-state index in [1.807, 2.05) is 22.6 Å². The van der Waals surface area contributed by atoms with E-state index >= 15 is 0 Å². The van der Waals surface area contributed by atoms with E-state index in [2.05, 4.69) is 19.9 Å². The van der Waals surface area contributed by atoms with Gasteiger partial charge in [0, 0.05) is 24.2 Å². The number of hydrogen-bond acceptors (Lipinski definition) is 7. The van der Waals surface area contributed by atoms with Gasteiger partial charge in [-0.2, -0.15) is 13.1 Å². The number of nitrogens with two attached hydrogens (primary N) is 1. The number of aromatic nitrogens is 4. The lowest BCUT2D eigenvalue weighted by atomic mass is 10.1. The predicted octanol–water partition coefficient (Wildman–Crippen LogP) is 1.25. The Bertz CT molecular complexity index is 1300. The number of ether oxygens (including phenoxy) is 2. The van der Waals surface area contributed by atoms with Crippen LogP contribution in [0.5, 0.6) is 11.5 Å². The number of nitrogens with one attached hydrogen (secondary N) is 1. The van der Waals surface area contributed by atoms with Crippen molar-refractivity contribution >= 4 is 26.9 Å². The number of hydrogen-bond donors (Lipinski definition) is 2. The van der Waals surface area contributed by atoms with E-state index < -0.39 is 10.2 Å². The van der Waals surface area contributed by atoms with E-state index in [9.17, 15) is 8.42 Å². The van der Waals surface area contributed by atoms with Gasteiger partial charge in [-0.15, -0.1) is 10.2 Å². The molecule has 0 spiro atoms. The highest BCUT2D eigenvalue weighted by Gasteiger charge is 2.15. The molecule has 0 aliphatic carbocycles. The molecule has 0 saturated heterocycles. The Hall–Kier alpha value is -3.28. The Morgan fingerprint density at radius 1 is 1.07 bits per heavy atom. The summed E-state index contributed by atoms with van der Waals surface area (Å²) in [6.45, 7) is 0.101. The number of fused-ring (bicyclic) bond motifs is 3. The van der Waals surface area contributed by atoms with Crippen LogP contribution in [0.2, 0.25) is 0 Å². The third kappa shape index (κ3) is 3.70. The first-order valence-electron chi connectivity index (χ1n) is 8.52. The minimum atomic E-state index is -3.75. The molecular weight excluding hydrogens is 396 g/mol. The maximum Gasteiger partial charge on any atom is 0.274 e. The minimum Gasteiger partial charge on any atom is -0.493 e. The van der Waals surface area contributed by atoms with Crippen LogP contribution in [0.15, 0.2) is 42.6 Å². The highest BCUT2D eigenvalue weighted by molar-refractivity contribution is 7.87. The van der Waals surface area contributed by atoms with Gasteiger partial charge in [0.15, 0.2) is 23.0 Å². The van der Waals surface area contributed by atoms with Gasteiger partial charge < -0.3 is 9.47 Å². The quantitative estimate of drug-likeness (QED) is 0.485. The van der Waals surface area contributed by atoms with Crippen molar-refractivity contribution in [3.63, 3.8) is 0 Å². The van der Waals surface area contributed by atoms with Crippen LogP contribution in [0, 0.1) is 0 Å². The van der Waals surface area contributed by atoms with Crippen LogP contribution in [0.3, 0.4) is 0 Å². The molecule has 150 valence electrons. The summed E-state index contributed by atoms with van der Waals surface area (Å²) in [7, 11) is -0.610. The summed E-state index contributed by atoms with van der Waals surface area (Å²) in [5.41, 5.74) is 3.61. The summed E-state index contributed by atoms with van der Waals surface area (Å²) in [6.07, 6.45) is 1.63. The van der Waals surface area contributed by atoms with Crippen molar-refractivity contribution in [3.05, 3.63) is 48.2 Å². The van der Waals surface area contributed by atoms with Crippen LogP contribution in [0.4, 0.5) is 0 Å². The lowest BCUT2D eigenvalue weighted by molar-refractivity contribution is 0.355. The van der Waals surface area contributed by atoms with Gasteiger partial charge in [0.05, 0.1) is 31.4 Å². The maximum atomic E-state index is 11.0. The SMILES string of the molecule is COc1cc2ncc3nnc(-c4ccc(CNS(N)(=O)=O)cc4)n3c2cc1OC. The number of nitrogens with zero attached hydrogens (tertiary/aromatic N) is 4. The molecule has 0 atom stereocenters. The molecule has 0 bridgehead atoms. The molecule has 0 unspecified atom stereocenters. The normalized spacial score (nSPS) is 11.8. The molecule has 2 aromatic carbocycles. The number of methoxy groups -OCH3 is 2. The molecule has 0 aliphatic rings. The maximum absolute atomic E-state index is 11.0. The molecular formula is C18H18N6O4S. The van der Waals surface area contributed by atoms with Crippen LogP contribution in [0.1, 0.15) is 5.56 Å². The molecule has 3 N–H and O–H groups in total. The predicted molar refractivity (Wildman–Crippen MR) is 107 cm³/mol. The molecule has 0 fully saturated rings. The summed E-state index contributed by atoms with van der Waals surface area (Å²) in [5, 5.41) is 13.5. The lowest BCUT2D eigenvalue weighted by Crippen LogP contribution is -2.30. The highest BCUT2D eigenvalue weighted by Crippen LogP contribution is 2.32. The summed E-state index contributed by atoms with van der Waals surface area (Å²) >= 11 is 0. The largest absolute Gasteiger partial charge is 0.493 e. The second-order valence-electron chi connectivity index (χ2n) is 6.23. The van der Waals surface area contributed by atoms with Crippen LogP contribution < -0.4 is 19.3 Å². The van der Waals surface area contributed by atoms with Gasteiger partial charge in [0.1, 0.15) is 0 Å². The first-order valence-corrected chi connectivity index (χ1v) is 10.1. The summed E-state index contributed by atoms with van der Waals surface area (Å²) in [6, 6.07) is 10.9. The molecule has 0 saturated carbocycles. The van der Waals surface area contributed by atoms with E-state index in [0.717, 1.165) is 16.6 Å². The molecule has 2 heterocycles. The average molecular weight is 414 g/mol. The third-order valence-electron chi connectivity index (χ3n) is 4.42. The van der Waals surface area contributed by atoms with Gasteiger partial charge in [-0.1, -0.05) is 24.3 Å². The topological polar surface area (TPSA) is 134 Å². The Morgan fingerprint density at radius 2 is 1.76 bits per heavy atom. The Labute approximate surface area is 166 Å². The first kappa shape index (κ1) is 19.1. The van der Waals surface area contributed by atoms with Gasteiger partial charge in [0.25, 0.3) is 10.2 Å². The molecule has 0 radical (unpaired) electrons. The summed E-state index contributed by atoms with van der Waals surface area (Å²) in [4.78, 5) is 4.43. The fourth-order valence-corrected chi connectivity index (χ4v) is 3.40. The zero-order chi connectivity index (χ0) is 20.6. The Kier molecular flexibility index (Phi) is 4.78. The zero-order valence-electron chi connectivity index (χ0n) is 15.7. The van der Waals surface area contributed by atoms with Gasteiger partial charge >= 0.3 is 0 Å². The fraction of sp³-hybridized carbons (Fsp3) is 0.167. The van der Waals surface area contributed by atoms with Crippen LogP contribution in [-0.4, -0.2) is 42.2 Å². The fourth-order valence-electron chi connectivity index (χ4n) is 3.03. The smallest absolute Gasteiger partial charge is 0.274 e. The van der Waals surface area contributed by atoms with Crippen molar-refractivity contribution in [2.75, 3.05) is 14.2 Å². The molecule has 4 aromatic rings. The van der Waals surface area contributed by atoms with Crippen molar-refractivity contribution in [2.45, 2.75) is 6.54 Å². The molecule has 4 rings (SSSR count). The monoisotopic (exact) mass is 414 g/mol. The highest BCUT2D eigenvalue weighted by atomic mass is 32.2. The molecule has 0 aliphatic heterocycles. The van der Waals surface area contributed by atoms with Crippen molar-refractivity contribution in [1.29, 1.82) is 0 Å². The Balaban J connectivity index is 1.81. The van der Waals surface area contributed by atoms with E-state index in [0.29, 0.717) is 28.5 Å². The van der Waals surface area contributed by atoms with Crippen molar-refractivity contribution in [2.24, 2.45) is 5.14 Å². The van der Waals surface area contributed by atoms with Gasteiger partial charge in [0.2, 0.25) is 0 Å². The number of rotatable bonds is 6. The van der Waals surface area contributed by atoms with Crippen LogP contribution >= 0.6 is 0 Å². The first-order chi connectivity index (χ1) is 13.9. The van der Waals surface area contributed by atoms with Crippen molar-refractivity contribution < 1.29 is 17.9 Å². The van der Waals surface area contributed by atoms with Gasteiger partial charge in [-0.25, -0.2) is 5.14 Å². The van der Waals surface area contributed by atoms with E-state index in [4.69, 9.17) is 14.6 Å². The second kappa shape index (κ2) is 7.28. The van der Waals surface area contributed by atoms with Crippen molar-refractivity contribution in [3.8, 4) is 22.9 Å². The molecule has 2 aromatic heterocycles. The van der Waals surface area contributed by atoms with Crippen LogP contribution in [-0.2, 0) is 16.8 Å². The lowest BCUT2D eigenvalue weighted by Gasteiger charge is -2.10. The summed E-state index contributed by atoms with van der Waals surface area (Å²) in [5.74, 6) is 1.76. The van der Waals surface area contributed by atoms with Gasteiger partial charge in [-0.3, -0.25) is 9.38 Å². The molecule has 29 heavy (non-hydrogen) atoms. The summed E-state index contributed by atoms with van der Waals surface area (Å²) < 4.78 is 37.0. The zero-order valence-corrected chi connectivity index (χ0v) is 16.5. The van der Waals surface area contributed by atoms with Crippen LogP contribution in [0.25, 0.3) is 28.1 Å². The van der Waals surface area contributed by atoms with Gasteiger partial charge in [-0.05, 0) is 5.56 Å². The molecule has 10 nitrogen and oxygen atoms in total. The second-order valence-corrected chi connectivity index (χ2v) is 7.61. The number of benzene rings is 2. The average Bonchev–Trinajstić information content (AvgIpc) is 3.15. The van der Waals surface area contributed by atoms with E-state index in [1.165, 1.54) is 0 Å². The Morgan fingerprint density at radius 3 is 2.41 bits per heavy atom.